The highest BCUT2D eigenvalue weighted by molar-refractivity contribution is 6.26. The third-order valence-electron chi connectivity index (χ3n) is 8.99. The fraction of sp³-hybridized carbons (Fsp3) is 0.720. The summed E-state index contributed by atoms with van der Waals surface area (Å²) in [4.78, 5) is 35.8. The van der Waals surface area contributed by atoms with Gasteiger partial charge in [-0.25, -0.2) is 0 Å². The molecule has 0 aliphatic heterocycles. The number of alkyl halides is 1. The van der Waals surface area contributed by atoms with Gasteiger partial charge in [-0.1, -0.05) is 39.3 Å². The van der Waals surface area contributed by atoms with E-state index >= 15 is 0 Å². The minimum atomic E-state index is -0.912. The van der Waals surface area contributed by atoms with E-state index in [0.29, 0.717) is 6.42 Å². The zero-order valence-electron chi connectivity index (χ0n) is 18.8. The summed E-state index contributed by atoms with van der Waals surface area (Å²) in [5, 5.41) is 11.5. The molecule has 0 aromatic carbocycles. The quantitative estimate of drug-likeness (QED) is 0.519. The van der Waals surface area contributed by atoms with Crippen LogP contribution in [0.25, 0.3) is 0 Å². The Hall–Kier alpha value is -1.46. The number of allylic oxidation sites excluding steroid dienone is 4. The molecule has 0 saturated heterocycles. The Labute approximate surface area is 189 Å². The Morgan fingerprint density at radius 2 is 2.00 bits per heavy atom. The molecular formula is C25H33ClO5. The van der Waals surface area contributed by atoms with E-state index in [9.17, 15) is 19.5 Å². The molecule has 0 heterocycles. The maximum absolute atomic E-state index is 13.2. The number of aliphatic hydroxyl groups excluding tert-OH is 1. The van der Waals surface area contributed by atoms with Gasteiger partial charge in [0.1, 0.15) is 6.61 Å². The average molecular weight is 449 g/mol. The van der Waals surface area contributed by atoms with Crippen LogP contribution in [0.1, 0.15) is 59.8 Å². The van der Waals surface area contributed by atoms with Gasteiger partial charge in [0.15, 0.2) is 11.6 Å². The lowest BCUT2D eigenvalue weighted by atomic mass is 9.46. The predicted octanol–water partition coefficient (Wildman–Crippen LogP) is 4.01. The number of hydrogen-bond donors (Lipinski definition) is 1. The summed E-state index contributed by atoms with van der Waals surface area (Å²) in [6.07, 6.45) is 7.42. The molecule has 4 aliphatic rings. The molecule has 5 nitrogen and oxygen atoms in total. The van der Waals surface area contributed by atoms with Crippen molar-refractivity contribution in [2.75, 3.05) is 6.61 Å². The Morgan fingerprint density at radius 1 is 1.29 bits per heavy atom. The highest BCUT2D eigenvalue weighted by atomic mass is 35.5. The van der Waals surface area contributed by atoms with Gasteiger partial charge in [0, 0.05) is 17.8 Å². The Bertz CT molecular complexity index is 877. The van der Waals surface area contributed by atoms with Crippen LogP contribution in [0.15, 0.2) is 23.8 Å². The molecule has 8 atom stereocenters. The normalized spacial score (nSPS) is 45.9. The lowest BCUT2D eigenvalue weighted by Gasteiger charge is -2.63. The molecule has 0 aromatic heterocycles. The summed E-state index contributed by atoms with van der Waals surface area (Å²) in [6, 6.07) is 0. The van der Waals surface area contributed by atoms with Crippen LogP contribution in [0.3, 0.4) is 0 Å². The number of carbonyl (C=O) groups is 3. The summed E-state index contributed by atoms with van der Waals surface area (Å²) in [7, 11) is 0. The predicted molar refractivity (Wildman–Crippen MR) is 117 cm³/mol. The first-order valence-electron chi connectivity index (χ1n) is 11.5. The highest BCUT2D eigenvalue weighted by Crippen LogP contribution is 2.70. The van der Waals surface area contributed by atoms with Crippen LogP contribution < -0.4 is 0 Å². The second-order valence-electron chi connectivity index (χ2n) is 10.5. The molecule has 3 saturated carbocycles. The number of hydrogen-bond acceptors (Lipinski definition) is 5. The van der Waals surface area contributed by atoms with Crippen molar-refractivity contribution in [2.45, 2.75) is 70.8 Å². The number of aliphatic hydroxyl groups is 1. The third-order valence-corrected chi connectivity index (χ3v) is 9.92. The van der Waals surface area contributed by atoms with Gasteiger partial charge in [0.05, 0.1) is 11.0 Å². The van der Waals surface area contributed by atoms with Crippen molar-refractivity contribution in [1.82, 2.24) is 0 Å². The monoisotopic (exact) mass is 448 g/mol. The van der Waals surface area contributed by atoms with Crippen LogP contribution >= 0.6 is 11.6 Å². The molecule has 0 spiro atoms. The fourth-order valence-electron chi connectivity index (χ4n) is 7.61. The molecule has 1 N–H and O–H groups in total. The fourth-order valence-corrected chi connectivity index (χ4v) is 8.13. The van der Waals surface area contributed by atoms with Crippen LogP contribution in [-0.4, -0.2) is 40.2 Å². The molecule has 3 fully saturated rings. The van der Waals surface area contributed by atoms with Gasteiger partial charge >= 0.3 is 5.97 Å². The highest BCUT2D eigenvalue weighted by Gasteiger charge is 2.70. The van der Waals surface area contributed by atoms with Crippen LogP contribution in [0.4, 0.5) is 0 Å². The van der Waals surface area contributed by atoms with Gasteiger partial charge in [0.25, 0.3) is 0 Å². The van der Waals surface area contributed by atoms with Crippen LogP contribution in [0, 0.1) is 34.5 Å². The number of ether oxygens (including phenoxy) is 1. The first-order chi connectivity index (χ1) is 14.5. The number of carbonyl (C=O) groups excluding carboxylic acids is 3. The molecule has 6 heteroatoms. The van der Waals surface area contributed by atoms with Crippen molar-refractivity contribution in [3.63, 3.8) is 0 Å². The third kappa shape index (κ3) is 3.10. The van der Waals surface area contributed by atoms with Crippen molar-refractivity contribution in [1.29, 1.82) is 0 Å². The summed E-state index contributed by atoms with van der Waals surface area (Å²) in [5.41, 5.74) is 0.0105. The van der Waals surface area contributed by atoms with Gasteiger partial charge in [-0.2, -0.15) is 0 Å². The van der Waals surface area contributed by atoms with Gasteiger partial charge in [0.2, 0.25) is 0 Å². The maximum Gasteiger partial charge on any atom is 0.305 e. The van der Waals surface area contributed by atoms with Crippen molar-refractivity contribution < 1.29 is 24.2 Å². The van der Waals surface area contributed by atoms with Gasteiger partial charge in [-0.15, -0.1) is 11.6 Å². The number of ketones is 2. The van der Waals surface area contributed by atoms with E-state index in [2.05, 4.69) is 13.8 Å². The zero-order chi connectivity index (χ0) is 22.8. The van der Waals surface area contributed by atoms with Gasteiger partial charge in [-0.3, -0.25) is 14.4 Å². The summed E-state index contributed by atoms with van der Waals surface area (Å²) in [5.74, 6) is -0.386. The van der Waals surface area contributed by atoms with E-state index in [4.69, 9.17) is 16.3 Å². The summed E-state index contributed by atoms with van der Waals surface area (Å²) >= 11 is 7.41. The average Bonchev–Trinajstić information content (AvgIpc) is 2.97. The Kier molecular flexibility index (Phi) is 5.54. The molecule has 0 radical (unpaired) electrons. The molecular weight excluding hydrogens is 416 g/mol. The van der Waals surface area contributed by atoms with Crippen molar-refractivity contribution >= 4 is 29.1 Å². The Balaban J connectivity index is 1.68. The smallest absolute Gasteiger partial charge is 0.305 e. The summed E-state index contributed by atoms with van der Waals surface area (Å²) < 4.78 is 5.16. The second kappa shape index (κ2) is 7.55. The minimum Gasteiger partial charge on any atom is -0.458 e. The molecule has 0 amide bonds. The van der Waals surface area contributed by atoms with Gasteiger partial charge in [-0.05, 0) is 61.0 Å². The minimum absolute atomic E-state index is 0.0249. The Morgan fingerprint density at radius 3 is 2.68 bits per heavy atom. The lowest BCUT2D eigenvalue weighted by Crippen LogP contribution is -2.66. The molecule has 0 aromatic rings. The SMILES string of the molecule is CCC(=O)OCC(=O)[C@H]1[C@@H](C)C[C@H]2[C@@H]3CCC4=CC(=O)C=C[C@]4(C)[C@@]3(Cl)[C@@H](O)C[C@@]21C. The van der Waals surface area contributed by atoms with E-state index in [0.717, 1.165) is 24.8 Å². The first-order valence-corrected chi connectivity index (χ1v) is 11.9. The van der Waals surface area contributed by atoms with Crippen LogP contribution in [0.5, 0.6) is 0 Å². The summed E-state index contributed by atoms with van der Waals surface area (Å²) in [6.45, 7) is 7.74. The van der Waals surface area contributed by atoms with Crippen molar-refractivity contribution in [2.24, 2.45) is 34.5 Å². The number of fused-ring (bicyclic) bond motifs is 5. The lowest BCUT2D eigenvalue weighted by molar-refractivity contribution is -0.152. The zero-order valence-corrected chi connectivity index (χ0v) is 19.6. The van der Waals surface area contributed by atoms with E-state index in [1.807, 2.05) is 13.0 Å². The molecule has 0 bridgehead atoms. The van der Waals surface area contributed by atoms with E-state index in [1.54, 1.807) is 19.1 Å². The number of Topliss-reactive ketones (excluding diaryl/α,β-unsaturated/α-hetero) is 1. The van der Waals surface area contributed by atoms with E-state index in [-0.39, 0.29) is 54.2 Å². The number of halogens is 1. The largest absolute Gasteiger partial charge is 0.458 e. The van der Waals surface area contributed by atoms with E-state index < -0.39 is 21.8 Å². The molecule has 31 heavy (non-hydrogen) atoms. The van der Waals surface area contributed by atoms with Crippen LogP contribution in [0.2, 0.25) is 0 Å². The topological polar surface area (TPSA) is 80.7 Å². The van der Waals surface area contributed by atoms with Crippen molar-refractivity contribution in [3.05, 3.63) is 23.8 Å². The maximum atomic E-state index is 13.2. The van der Waals surface area contributed by atoms with Gasteiger partial charge < -0.3 is 9.84 Å². The van der Waals surface area contributed by atoms with Crippen LogP contribution in [-0.2, 0) is 19.1 Å². The standard InChI is InChI=1S/C25H33ClO5/c1-5-21(30)31-13-19(28)22-14(2)10-18-17-7-6-15-11-16(27)8-9-24(15,4)25(17,26)20(29)12-23(18,22)3/h8-9,11,14,17-18,20,22,29H,5-7,10,12-13H2,1-4H3/t14-,17-,18-,20-,22+,23-,24-,25-/m0/s1. The number of esters is 1. The molecule has 0 unspecified atom stereocenters. The molecule has 170 valence electrons. The van der Waals surface area contributed by atoms with E-state index in [1.165, 1.54) is 0 Å². The first kappa shape index (κ1) is 22.7. The second-order valence-corrected chi connectivity index (χ2v) is 11.1. The molecule has 4 rings (SSSR count). The molecule has 4 aliphatic carbocycles. The number of rotatable bonds is 4. The van der Waals surface area contributed by atoms with Crippen molar-refractivity contribution in [3.8, 4) is 0 Å².